The molecule has 0 heterocycles. The summed E-state index contributed by atoms with van der Waals surface area (Å²) in [6.07, 6.45) is 0. The summed E-state index contributed by atoms with van der Waals surface area (Å²) >= 11 is 0. The second-order valence-electron chi connectivity index (χ2n) is 4.69. The summed E-state index contributed by atoms with van der Waals surface area (Å²) < 4.78 is 0. The zero-order chi connectivity index (χ0) is 14.4. The molecule has 1 unspecified atom stereocenters. The molecule has 2 amide bonds. The molecular formula is C14H21N3O2. The van der Waals surface area contributed by atoms with Gasteiger partial charge in [-0.15, -0.1) is 0 Å². The minimum Gasteiger partial charge on any atom is -0.348 e. The summed E-state index contributed by atoms with van der Waals surface area (Å²) in [4.78, 5) is 22.6. The predicted octanol–water partition coefficient (Wildman–Crippen LogP) is 0.556. The topological polar surface area (TPSA) is 84.2 Å². The first-order chi connectivity index (χ1) is 8.92. The van der Waals surface area contributed by atoms with Crippen LogP contribution in [0, 0.1) is 13.8 Å². The van der Waals surface area contributed by atoms with Crippen LogP contribution in [0.3, 0.4) is 0 Å². The Morgan fingerprint density at radius 1 is 1.16 bits per heavy atom. The van der Waals surface area contributed by atoms with E-state index >= 15 is 0 Å². The molecule has 5 nitrogen and oxygen atoms in total. The fourth-order valence-corrected chi connectivity index (χ4v) is 1.89. The number of amides is 2. The smallest absolute Gasteiger partial charge is 0.239 e. The fraction of sp³-hybridized carbons (Fsp3) is 0.429. The Hall–Kier alpha value is -1.88. The zero-order valence-electron chi connectivity index (χ0n) is 11.6. The fourth-order valence-electron chi connectivity index (χ4n) is 1.89. The maximum Gasteiger partial charge on any atom is 0.239 e. The molecule has 0 aliphatic heterocycles. The summed E-state index contributed by atoms with van der Waals surface area (Å²) in [7, 11) is 0. The van der Waals surface area contributed by atoms with E-state index in [1.165, 1.54) is 0 Å². The van der Waals surface area contributed by atoms with Gasteiger partial charge in [0.25, 0.3) is 0 Å². The Morgan fingerprint density at radius 3 is 2.26 bits per heavy atom. The van der Waals surface area contributed by atoms with Crippen LogP contribution < -0.4 is 16.4 Å². The number of hydrogen-bond acceptors (Lipinski definition) is 3. The average molecular weight is 263 g/mol. The minimum absolute atomic E-state index is 0.0504. The third-order valence-corrected chi connectivity index (χ3v) is 2.75. The summed E-state index contributed by atoms with van der Waals surface area (Å²) in [5, 5.41) is 5.27. The monoisotopic (exact) mass is 263 g/mol. The van der Waals surface area contributed by atoms with Gasteiger partial charge in [0.05, 0.1) is 19.1 Å². The van der Waals surface area contributed by atoms with E-state index < -0.39 is 0 Å². The van der Waals surface area contributed by atoms with Gasteiger partial charge in [-0.05, 0) is 26.3 Å². The lowest BCUT2D eigenvalue weighted by Crippen LogP contribution is -2.40. The van der Waals surface area contributed by atoms with Gasteiger partial charge >= 0.3 is 0 Å². The molecule has 104 valence electrons. The maximum atomic E-state index is 11.7. The summed E-state index contributed by atoms with van der Waals surface area (Å²) in [6.45, 7) is 5.79. The molecule has 0 spiro atoms. The molecule has 0 saturated carbocycles. The molecule has 0 saturated heterocycles. The van der Waals surface area contributed by atoms with E-state index in [1.807, 2.05) is 32.9 Å². The van der Waals surface area contributed by atoms with Crippen LogP contribution in [0.4, 0.5) is 0 Å². The van der Waals surface area contributed by atoms with Gasteiger partial charge < -0.3 is 16.4 Å². The third-order valence-electron chi connectivity index (χ3n) is 2.75. The van der Waals surface area contributed by atoms with Crippen molar-refractivity contribution < 1.29 is 9.59 Å². The molecular weight excluding hydrogens is 242 g/mol. The first-order valence-corrected chi connectivity index (χ1v) is 6.26. The summed E-state index contributed by atoms with van der Waals surface area (Å²) in [5.41, 5.74) is 8.51. The number of nitrogens with two attached hydrogens (primary N) is 1. The number of carbonyl (C=O) groups is 2. The van der Waals surface area contributed by atoms with Crippen LogP contribution in [0.1, 0.15) is 29.7 Å². The highest BCUT2D eigenvalue weighted by Crippen LogP contribution is 2.16. The van der Waals surface area contributed by atoms with Crippen molar-refractivity contribution in [3.8, 4) is 0 Å². The molecule has 0 aliphatic carbocycles. The minimum atomic E-state index is -0.339. The van der Waals surface area contributed by atoms with Gasteiger partial charge in [-0.25, -0.2) is 0 Å². The van der Waals surface area contributed by atoms with Gasteiger partial charge in [-0.2, -0.15) is 0 Å². The number of rotatable bonds is 5. The molecule has 1 aromatic carbocycles. The van der Waals surface area contributed by atoms with Crippen LogP contribution in [0.5, 0.6) is 0 Å². The Labute approximate surface area is 113 Å². The van der Waals surface area contributed by atoms with Crippen molar-refractivity contribution in [2.45, 2.75) is 26.8 Å². The average Bonchev–Trinajstić information content (AvgIpc) is 2.34. The first-order valence-electron chi connectivity index (χ1n) is 6.26. The van der Waals surface area contributed by atoms with Gasteiger partial charge in [0, 0.05) is 0 Å². The highest BCUT2D eigenvalue weighted by atomic mass is 16.2. The van der Waals surface area contributed by atoms with Gasteiger partial charge in [0.2, 0.25) is 11.8 Å². The molecule has 0 radical (unpaired) electrons. The molecule has 0 aliphatic rings. The number of hydrogen-bond donors (Lipinski definition) is 3. The van der Waals surface area contributed by atoms with E-state index in [1.54, 1.807) is 0 Å². The zero-order valence-corrected chi connectivity index (χ0v) is 11.6. The van der Waals surface area contributed by atoms with Crippen LogP contribution in [-0.2, 0) is 9.59 Å². The lowest BCUT2D eigenvalue weighted by molar-refractivity contribution is -0.125. The van der Waals surface area contributed by atoms with E-state index in [0.717, 1.165) is 16.7 Å². The van der Waals surface area contributed by atoms with E-state index in [9.17, 15) is 9.59 Å². The van der Waals surface area contributed by atoms with Crippen molar-refractivity contribution in [1.29, 1.82) is 0 Å². The normalized spacial score (nSPS) is 11.8. The molecule has 0 fully saturated rings. The Bertz CT molecular complexity index is 452. The van der Waals surface area contributed by atoms with Crippen molar-refractivity contribution in [2.75, 3.05) is 13.1 Å². The third kappa shape index (κ3) is 5.09. The van der Waals surface area contributed by atoms with Crippen LogP contribution in [0.25, 0.3) is 0 Å². The lowest BCUT2D eigenvalue weighted by Gasteiger charge is -2.16. The SMILES string of the molecule is Cc1cc(C)cc(C(C)NC(=O)CNC(=O)CN)c1. The lowest BCUT2D eigenvalue weighted by atomic mass is 10.0. The standard InChI is InChI=1S/C14H21N3O2/c1-9-4-10(2)6-12(5-9)11(3)17-14(19)8-16-13(18)7-15/h4-6,11H,7-8,15H2,1-3H3,(H,16,18)(H,17,19). The number of aryl methyl sites for hydroxylation is 2. The van der Waals surface area contributed by atoms with Crippen LogP contribution >= 0.6 is 0 Å². The van der Waals surface area contributed by atoms with E-state index in [-0.39, 0.29) is 30.9 Å². The Kier molecular flexibility index (Phi) is 5.51. The first kappa shape index (κ1) is 15.2. The molecule has 5 heteroatoms. The van der Waals surface area contributed by atoms with Gasteiger partial charge in [0.1, 0.15) is 0 Å². The van der Waals surface area contributed by atoms with Crippen molar-refractivity contribution in [1.82, 2.24) is 10.6 Å². The van der Waals surface area contributed by atoms with E-state index in [4.69, 9.17) is 5.73 Å². The molecule has 1 rings (SSSR count). The van der Waals surface area contributed by atoms with Gasteiger partial charge in [0.15, 0.2) is 0 Å². The number of carbonyl (C=O) groups excluding carboxylic acids is 2. The molecule has 1 aromatic rings. The molecule has 19 heavy (non-hydrogen) atoms. The van der Waals surface area contributed by atoms with Crippen molar-refractivity contribution in [3.63, 3.8) is 0 Å². The highest BCUT2D eigenvalue weighted by molar-refractivity contribution is 5.85. The molecule has 1 atom stereocenters. The Balaban J connectivity index is 2.56. The van der Waals surface area contributed by atoms with Gasteiger partial charge in [-0.3, -0.25) is 9.59 Å². The second kappa shape index (κ2) is 6.89. The molecule has 4 N–H and O–H groups in total. The number of benzene rings is 1. The van der Waals surface area contributed by atoms with Crippen molar-refractivity contribution >= 4 is 11.8 Å². The van der Waals surface area contributed by atoms with E-state index in [2.05, 4.69) is 16.7 Å². The predicted molar refractivity (Wildman–Crippen MR) is 74.5 cm³/mol. The van der Waals surface area contributed by atoms with E-state index in [0.29, 0.717) is 0 Å². The van der Waals surface area contributed by atoms with Gasteiger partial charge in [-0.1, -0.05) is 29.3 Å². The van der Waals surface area contributed by atoms with Crippen molar-refractivity contribution in [3.05, 3.63) is 34.9 Å². The highest BCUT2D eigenvalue weighted by Gasteiger charge is 2.10. The van der Waals surface area contributed by atoms with Crippen LogP contribution in [0.2, 0.25) is 0 Å². The molecule has 0 bridgehead atoms. The maximum absolute atomic E-state index is 11.7. The summed E-state index contributed by atoms with van der Waals surface area (Å²) in [6, 6.07) is 6.06. The quantitative estimate of drug-likeness (QED) is 0.725. The number of nitrogens with one attached hydrogen (secondary N) is 2. The molecule has 0 aromatic heterocycles. The van der Waals surface area contributed by atoms with Crippen LogP contribution in [0.15, 0.2) is 18.2 Å². The second-order valence-corrected chi connectivity index (χ2v) is 4.69. The largest absolute Gasteiger partial charge is 0.348 e. The Morgan fingerprint density at radius 2 is 1.74 bits per heavy atom. The summed E-state index contributed by atoms with van der Waals surface area (Å²) in [5.74, 6) is -0.567. The van der Waals surface area contributed by atoms with Crippen molar-refractivity contribution in [2.24, 2.45) is 5.73 Å². The van der Waals surface area contributed by atoms with Crippen LogP contribution in [-0.4, -0.2) is 24.9 Å².